The number of rotatable bonds is 2. The molecule has 0 aliphatic heterocycles. The molecule has 1 saturated carbocycles. The second kappa shape index (κ2) is 4.57. The van der Waals surface area contributed by atoms with E-state index in [-0.39, 0.29) is 5.41 Å². The van der Waals surface area contributed by atoms with Gasteiger partial charge < -0.3 is 10.3 Å². The molecule has 0 bridgehead atoms. The number of aromatic nitrogens is 1. The van der Waals surface area contributed by atoms with Crippen molar-refractivity contribution in [3.05, 3.63) is 35.0 Å². The Bertz CT molecular complexity index is 600. The zero-order valence-electron chi connectivity index (χ0n) is 10.9. The highest BCUT2D eigenvalue weighted by atomic mass is 35.5. The molecule has 0 spiro atoms. The van der Waals surface area contributed by atoms with E-state index in [0.29, 0.717) is 10.9 Å². The summed E-state index contributed by atoms with van der Waals surface area (Å²) in [7, 11) is 0. The quantitative estimate of drug-likeness (QED) is 0.884. The molecule has 0 radical (unpaired) electrons. The molecule has 4 heteroatoms. The van der Waals surface area contributed by atoms with Gasteiger partial charge in [0, 0.05) is 16.0 Å². The summed E-state index contributed by atoms with van der Waals surface area (Å²) >= 11 is 6.29. The van der Waals surface area contributed by atoms with Gasteiger partial charge in [-0.15, -0.1) is 0 Å². The van der Waals surface area contributed by atoms with Crippen molar-refractivity contribution in [1.82, 2.24) is 5.16 Å². The molecule has 0 amide bonds. The van der Waals surface area contributed by atoms with Gasteiger partial charge in [0.15, 0.2) is 0 Å². The summed E-state index contributed by atoms with van der Waals surface area (Å²) in [5.74, 6) is 0.358. The predicted octanol–water partition coefficient (Wildman–Crippen LogP) is 4.41. The van der Waals surface area contributed by atoms with Gasteiger partial charge in [0.1, 0.15) is 0 Å². The van der Waals surface area contributed by atoms with Gasteiger partial charge in [-0.2, -0.15) is 0 Å². The van der Waals surface area contributed by atoms with Crippen molar-refractivity contribution >= 4 is 17.5 Å². The van der Waals surface area contributed by atoms with Gasteiger partial charge in [-0.3, -0.25) is 0 Å². The Morgan fingerprint density at radius 1 is 1.26 bits per heavy atom. The highest BCUT2D eigenvalue weighted by Crippen LogP contribution is 2.46. The zero-order chi connectivity index (χ0) is 13.5. The molecule has 1 aliphatic carbocycles. The van der Waals surface area contributed by atoms with Crippen LogP contribution in [0.15, 0.2) is 28.8 Å². The number of nitrogens with zero attached hydrogens (tertiary/aromatic N) is 1. The minimum absolute atomic E-state index is 0.0512. The minimum Gasteiger partial charge on any atom is -0.367 e. The number of hydrogen-bond donors (Lipinski definition) is 1. The maximum absolute atomic E-state index is 6.29. The Kier molecular flexibility index (Phi) is 3.02. The Balaban J connectivity index is 2.17. The van der Waals surface area contributed by atoms with E-state index in [4.69, 9.17) is 21.9 Å². The van der Waals surface area contributed by atoms with Crippen molar-refractivity contribution in [3.63, 3.8) is 0 Å². The molecule has 1 aliphatic rings. The van der Waals surface area contributed by atoms with E-state index in [1.807, 2.05) is 24.3 Å². The van der Waals surface area contributed by atoms with Crippen LogP contribution >= 0.6 is 11.6 Å². The van der Waals surface area contributed by atoms with Crippen LogP contribution < -0.4 is 5.73 Å². The Hall–Kier alpha value is -1.48. The number of anilines is 1. The Labute approximate surface area is 117 Å². The molecule has 100 valence electrons. The maximum atomic E-state index is 6.29. The number of halogens is 1. The summed E-state index contributed by atoms with van der Waals surface area (Å²) in [5.41, 5.74) is 8.77. The summed E-state index contributed by atoms with van der Waals surface area (Å²) in [6.07, 6.45) is 4.70. The second-order valence-electron chi connectivity index (χ2n) is 5.52. The molecule has 19 heavy (non-hydrogen) atoms. The van der Waals surface area contributed by atoms with E-state index in [2.05, 4.69) is 12.1 Å². The molecule has 0 saturated heterocycles. The predicted molar refractivity (Wildman–Crippen MR) is 77.2 cm³/mol. The van der Waals surface area contributed by atoms with E-state index in [1.54, 1.807) is 0 Å². The summed E-state index contributed by atoms with van der Waals surface area (Å²) in [4.78, 5) is 0. The smallest absolute Gasteiger partial charge is 0.230 e. The summed E-state index contributed by atoms with van der Waals surface area (Å²) < 4.78 is 5.25. The lowest BCUT2D eigenvalue weighted by atomic mass is 9.81. The monoisotopic (exact) mass is 276 g/mol. The van der Waals surface area contributed by atoms with Crippen molar-refractivity contribution in [2.45, 2.75) is 38.0 Å². The average molecular weight is 277 g/mol. The third-order valence-electron chi connectivity index (χ3n) is 4.14. The normalized spacial score (nSPS) is 17.8. The molecule has 0 atom stereocenters. The fourth-order valence-corrected chi connectivity index (χ4v) is 3.26. The van der Waals surface area contributed by atoms with Crippen molar-refractivity contribution in [2.24, 2.45) is 0 Å². The van der Waals surface area contributed by atoms with Crippen molar-refractivity contribution < 1.29 is 4.52 Å². The van der Waals surface area contributed by atoms with Gasteiger partial charge in [0.25, 0.3) is 0 Å². The molecule has 1 aromatic heterocycles. The number of nitrogen functional groups attached to an aromatic ring is 1. The number of nitrogens with two attached hydrogens (primary N) is 1. The first-order valence-corrected chi connectivity index (χ1v) is 7.00. The molecular weight excluding hydrogens is 260 g/mol. The molecule has 1 aromatic carbocycles. The SMILES string of the molecule is CC1(c2noc(N)c2-c2ccccc2Cl)CCCC1. The van der Waals surface area contributed by atoms with E-state index < -0.39 is 0 Å². The maximum Gasteiger partial charge on any atom is 0.230 e. The van der Waals surface area contributed by atoms with E-state index in [0.717, 1.165) is 29.7 Å². The Morgan fingerprint density at radius 3 is 2.63 bits per heavy atom. The van der Waals surface area contributed by atoms with Crippen molar-refractivity contribution in [2.75, 3.05) is 5.73 Å². The molecule has 0 unspecified atom stereocenters. The fraction of sp³-hybridized carbons (Fsp3) is 0.400. The molecule has 1 fully saturated rings. The van der Waals surface area contributed by atoms with Gasteiger partial charge in [-0.1, -0.05) is 54.7 Å². The van der Waals surface area contributed by atoms with Gasteiger partial charge in [0.2, 0.25) is 5.88 Å². The molecule has 2 aromatic rings. The topological polar surface area (TPSA) is 52.0 Å². The first kappa shape index (κ1) is 12.5. The van der Waals surface area contributed by atoms with Crippen LogP contribution in [0.1, 0.15) is 38.3 Å². The standard InChI is InChI=1S/C15H17ClN2O/c1-15(8-4-5-9-15)13-12(14(17)19-18-13)10-6-2-3-7-11(10)16/h2-3,6-7H,4-5,8-9,17H2,1H3. The van der Waals surface area contributed by atoms with Gasteiger partial charge in [0.05, 0.1) is 11.3 Å². The third-order valence-corrected chi connectivity index (χ3v) is 4.47. The van der Waals surface area contributed by atoms with Crippen molar-refractivity contribution in [1.29, 1.82) is 0 Å². The van der Waals surface area contributed by atoms with Crippen LogP contribution in [0.25, 0.3) is 11.1 Å². The largest absolute Gasteiger partial charge is 0.367 e. The highest BCUT2D eigenvalue weighted by Gasteiger charge is 2.37. The summed E-state index contributed by atoms with van der Waals surface area (Å²) in [6, 6.07) is 7.69. The van der Waals surface area contributed by atoms with Gasteiger partial charge in [-0.05, 0) is 18.9 Å². The van der Waals surface area contributed by atoms with Crippen LogP contribution in [0, 0.1) is 0 Å². The lowest BCUT2D eigenvalue weighted by molar-refractivity contribution is 0.386. The summed E-state index contributed by atoms with van der Waals surface area (Å²) in [6.45, 7) is 2.23. The lowest BCUT2D eigenvalue weighted by Gasteiger charge is -2.22. The lowest BCUT2D eigenvalue weighted by Crippen LogP contribution is -2.18. The molecule has 2 N–H and O–H groups in total. The second-order valence-corrected chi connectivity index (χ2v) is 5.93. The fourth-order valence-electron chi connectivity index (χ4n) is 3.03. The molecule has 3 rings (SSSR count). The van der Waals surface area contributed by atoms with Gasteiger partial charge >= 0.3 is 0 Å². The number of benzene rings is 1. The molecule has 3 nitrogen and oxygen atoms in total. The Morgan fingerprint density at radius 2 is 1.95 bits per heavy atom. The van der Waals surface area contributed by atoms with Crippen LogP contribution in [-0.2, 0) is 5.41 Å². The van der Waals surface area contributed by atoms with Crippen LogP contribution in [0.2, 0.25) is 5.02 Å². The number of hydrogen-bond acceptors (Lipinski definition) is 3. The van der Waals surface area contributed by atoms with E-state index in [1.165, 1.54) is 12.8 Å². The van der Waals surface area contributed by atoms with Crippen LogP contribution in [0.3, 0.4) is 0 Å². The molecular formula is C15H17ClN2O. The van der Waals surface area contributed by atoms with Crippen molar-refractivity contribution in [3.8, 4) is 11.1 Å². The zero-order valence-corrected chi connectivity index (χ0v) is 11.7. The first-order valence-electron chi connectivity index (χ1n) is 6.62. The van der Waals surface area contributed by atoms with E-state index in [9.17, 15) is 0 Å². The van der Waals surface area contributed by atoms with E-state index >= 15 is 0 Å². The summed E-state index contributed by atoms with van der Waals surface area (Å²) in [5, 5.41) is 4.91. The third kappa shape index (κ3) is 2.02. The van der Waals surface area contributed by atoms with Crippen LogP contribution in [-0.4, -0.2) is 5.16 Å². The molecule has 1 heterocycles. The van der Waals surface area contributed by atoms with Gasteiger partial charge in [-0.25, -0.2) is 0 Å². The average Bonchev–Trinajstić information content (AvgIpc) is 2.98. The highest BCUT2D eigenvalue weighted by molar-refractivity contribution is 6.33. The van der Waals surface area contributed by atoms with Crippen LogP contribution in [0.4, 0.5) is 5.88 Å². The minimum atomic E-state index is 0.0512. The first-order chi connectivity index (χ1) is 9.12. The van der Waals surface area contributed by atoms with Crippen LogP contribution in [0.5, 0.6) is 0 Å².